The lowest BCUT2D eigenvalue weighted by Crippen LogP contribution is -2.54. The van der Waals surface area contributed by atoms with Crippen LogP contribution in [0.2, 0.25) is 0 Å². The van der Waals surface area contributed by atoms with Crippen LogP contribution in [0.25, 0.3) is 11.1 Å². The van der Waals surface area contributed by atoms with Gasteiger partial charge < -0.3 is 14.9 Å². The topological polar surface area (TPSA) is 82.9 Å². The molecule has 2 aliphatic heterocycles. The van der Waals surface area contributed by atoms with Gasteiger partial charge in [0.2, 0.25) is 0 Å². The second-order valence-electron chi connectivity index (χ2n) is 9.98. The number of aromatic carboxylic acids is 1. The zero-order chi connectivity index (χ0) is 23.5. The van der Waals surface area contributed by atoms with E-state index >= 15 is 0 Å². The number of benzene rings is 1. The molecule has 4 rings (SSSR count). The minimum absolute atomic E-state index is 0.0575. The number of halogens is 2. The summed E-state index contributed by atoms with van der Waals surface area (Å²) in [6.45, 7) is 8.91. The van der Waals surface area contributed by atoms with Gasteiger partial charge in [-0.15, -0.1) is 0 Å². The molecule has 1 aromatic heterocycles. The molecule has 8 heteroatoms. The van der Waals surface area contributed by atoms with Gasteiger partial charge in [0, 0.05) is 30.6 Å². The molecular formula is C24H28F2N2O4. The number of aromatic nitrogens is 1. The Bertz CT molecular complexity index is 1090. The maximum Gasteiger partial charge on any atom is 0.355 e. The molecule has 1 fully saturated rings. The molecule has 1 aromatic carbocycles. The Labute approximate surface area is 185 Å². The number of aliphatic hydroxyl groups is 1. The standard InChI is InChI=1S/C24H28F2N2O4/c1-22(2)11-24(31,13-32-22)12-28-9-8-14-10-16(15-6-5-7-17(25)18(15)26)19(21(29)30)27-20(14)23(28,3)4/h5-7,10,31H,8-9,11-13H2,1-4H3,(H,29,30). The maximum absolute atomic E-state index is 14.5. The van der Waals surface area contributed by atoms with Crippen LogP contribution in [0, 0.1) is 11.6 Å². The van der Waals surface area contributed by atoms with Crippen molar-refractivity contribution in [2.24, 2.45) is 0 Å². The van der Waals surface area contributed by atoms with Crippen molar-refractivity contribution in [2.75, 3.05) is 19.7 Å². The number of pyridine rings is 1. The Kier molecular flexibility index (Phi) is 5.39. The number of β-amino-alcohol motifs (C(OH)–C–C–N with tert-alkyl or cyclic N) is 1. The van der Waals surface area contributed by atoms with Crippen LogP contribution in [0.5, 0.6) is 0 Å². The molecule has 32 heavy (non-hydrogen) atoms. The summed E-state index contributed by atoms with van der Waals surface area (Å²) in [6, 6.07) is 5.30. The number of carboxylic acids is 1. The summed E-state index contributed by atoms with van der Waals surface area (Å²) >= 11 is 0. The fourth-order valence-electron chi connectivity index (χ4n) is 5.00. The second-order valence-corrected chi connectivity index (χ2v) is 9.98. The Morgan fingerprint density at radius 2 is 1.94 bits per heavy atom. The Balaban J connectivity index is 1.75. The highest BCUT2D eigenvalue weighted by Gasteiger charge is 2.47. The van der Waals surface area contributed by atoms with Crippen LogP contribution >= 0.6 is 0 Å². The summed E-state index contributed by atoms with van der Waals surface area (Å²) < 4.78 is 34.0. The molecule has 0 aliphatic carbocycles. The van der Waals surface area contributed by atoms with Crippen LogP contribution in [0.15, 0.2) is 24.3 Å². The van der Waals surface area contributed by atoms with E-state index in [9.17, 15) is 23.8 Å². The van der Waals surface area contributed by atoms with Crippen LogP contribution < -0.4 is 0 Å². The Morgan fingerprint density at radius 1 is 1.22 bits per heavy atom. The van der Waals surface area contributed by atoms with Gasteiger partial charge in [0.05, 0.1) is 23.4 Å². The van der Waals surface area contributed by atoms with Gasteiger partial charge in [-0.25, -0.2) is 18.6 Å². The van der Waals surface area contributed by atoms with Crippen LogP contribution in [0.3, 0.4) is 0 Å². The van der Waals surface area contributed by atoms with E-state index in [1.807, 2.05) is 27.7 Å². The minimum atomic E-state index is -1.32. The van der Waals surface area contributed by atoms with E-state index in [1.165, 1.54) is 12.1 Å². The summed E-state index contributed by atoms with van der Waals surface area (Å²) in [5.74, 6) is -3.46. The van der Waals surface area contributed by atoms with Gasteiger partial charge in [0.15, 0.2) is 17.3 Å². The van der Waals surface area contributed by atoms with Gasteiger partial charge >= 0.3 is 5.97 Å². The SMILES string of the molecule is CC1(C)CC(O)(CN2CCc3cc(-c4cccc(F)c4F)c(C(=O)O)nc3C2(C)C)CO1. The van der Waals surface area contributed by atoms with Crippen molar-refractivity contribution in [3.05, 3.63) is 52.9 Å². The van der Waals surface area contributed by atoms with E-state index in [4.69, 9.17) is 4.74 Å². The molecular weight excluding hydrogens is 418 g/mol. The van der Waals surface area contributed by atoms with Crippen LogP contribution in [-0.4, -0.2) is 57.0 Å². The molecule has 2 aromatic rings. The number of ether oxygens (including phenoxy) is 1. The van der Waals surface area contributed by atoms with Crippen LogP contribution in [0.1, 0.15) is 55.9 Å². The highest BCUT2D eigenvalue weighted by atomic mass is 19.2. The number of rotatable bonds is 4. The summed E-state index contributed by atoms with van der Waals surface area (Å²) in [5.41, 5.74) is -1.16. The van der Waals surface area contributed by atoms with E-state index in [-0.39, 0.29) is 23.4 Å². The van der Waals surface area contributed by atoms with Gasteiger partial charge in [-0.3, -0.25) is 4.90 Å². The molecule has 6 nitrogen and oxygen atoms in total. The lowest BCUT2D eigenvalue weighted by molar-refractivity contribution is -0.0390. The first kappa shape index (κ1) is 22.8. The number of hydrogen-bond donors (Lipinski definition) is 2. The number of fused-ring (bicyclic) bond motifs is 1. The molecule has 0 amide bonds. The third-order valence-corrected chi connectivity index (χ3v) is 6.54. The molecule has 0 spiro atoms. The fourth-order valence-corrected chi connectivity index (χ4v) is 5.00. The minimum Gasteiger partial charge on any atom is -0.476 e. The third-order valence-electron chi connectivity index (χ3n) is 6.54. The zero-order valence-corrected chi connectivity index (χ0v) is 18.7. The van der Waals surface area contributed by atoms with E-state index in [1.54, 1.807) is 6.07 Å². The summed E-state index contributed by atoms with van der Waals surface area (Å²) in [6.07, 6.45) is 1.03. The van der Waals surface area contributed by atoms with Gasteiger partial charge in [-0.1, -0.05) is 12.1 Å². The fraction of sp³-hybridized carbons (Fsp3) is 0.500. The molecule has 0 bridgehead atoms. The monoisotopic (exact) mass is 446 g/mol. The van der Waals surface area contributed by atoms with Crippen molar-refractivity contribution >= 4 is 5.97 Å². The highest BCUT2D eigenvalue weighted by molar-refractivity contribution is 5.94. The van der Waals surface area contributed by atoms with Crippen molar-refractivity contribution in [2.45, 2.75) is 57.3 Å². The smallest absolute Gasteiger partial charge is 0.355 e. The normalized spacial score (nSPS) is 24.3. The molecule has 0 radical (unpaired) electrons. The summed E-state index contributed by atoms with van der Waals surface area (Å²) in [5, 5.41) is 20.9. The van der Waals surface area contributed by atoms with Gasteiger partial charge in [-0.2, -0.15) is 0 Å². The van der Waals surface area contributed by atoms with E-state index < -0.39 is 34.3 Å². The molecule has 2 N–H and O–H groups in total. The van der Waals surface area contributed by atoms with Crippen molar-refractivity contribution in [1.82, 2.24) is 9.88 Å². The van der Waals surface area contributed by atoms with Crippen molar-refractivity contribution in [3.63, 3.8) is 0 Å². The lowest BCUT2D eigenvalue weighted by Gasteiger charge is -2.45. The number of hydrogen-bond acceptors (Lipinski definition) is 5. The largest absolute Gasteiger partial charge is 0.476 e. The quantitative estimate of drug-likeness (QED) is 0.745. The summed E-state index contributed by atoms with van der Waals surface area (Å²) in [4.78, 5) is 18.6. The lowest BCUT2D eigenvalue weighted by atomic mass is 9.83. The first-order chi connectivity index (χ1) is 14.8. The van der Waals surface area contributed by atoms with Crippen LogP contribution in [-0.2, 0) is 16.7 Å². The van der Waals surface area contributed by atoms with Crippen LogP contribution in [0.4, 0.5) is 8.78 Å². The molecule has 1 atom stereocenters. The van der Waals surface area contributed by atoms with Gasteiger partial charge in [0.1, 0.15) is 5.60 Å². The number of carboxylic acid groups (broad SMARTS) is 1. The molecule has 3 heterocycles. The first-order valence-electron chi connectivity index (χ1n) is 10.7. The third kappa shape index (κ3) is 3.91. The Hall–Kier alpha value is -2.42. The van der Waals surface area contributed by atoms with E-state index in [0.29, 0.717) is 31.6 Å². The average Bonchev–Trinajstić information content (AvgIpc) is 2.98. The molecule has 2 aliphatic rings. The van der Waals surface area contributed by atoms with Gasteiger partial charge in [-0.05, 0) is 51.8 Å². The summed E-state index contributed by atoms with van der Waals surface area (Å²) in [7, 11) is 0. The molecule has 0 saturated carbocycles. The zero-order valence-electron chi connectivity index (χ0n) is 18.7. The maximum atomic E-state index is 14.5. The van der Waals surface area contributed by atoms with Crippen molar-refractivity contribution in [1.29, 1.82) is 0 Å². The predicted octanol–water partition coefficient (Wildman–Crippen LogP) is 3.75. The molecule has 172 valence electrons. The van der Waals surface area contributed by atoms with Gasteiger partial charge in [0.25, 0.3) is 0 Å². The van der Waals surface area contributed by atoms with E-state index in [2.05, 4.69) is 9.88 Å². The first-order valence-corrected chi connectivity index (χ1v) is 10.7. The predicted molar refractivity (Wildman–Crippen MR) is 114 cm³/mol. The molecule has 1 unspecified atom stereocenters. The number of nitrogens with zero attached hydrogens (tertiary/aromatic N) is 2. The molecule has 1 saturated heterocycles. The average molecular weight is 446 g/mol. The second kappa shape index (κ2) is 7.57. The van der Waals surface area contributed by atoms with Crippen molar-refractivity contribution < 1.29 is 28.5 Å². The van der Waals surface area contributed by atoms with E-state index in [0.717, 1.165) is 11.6 Å². The number of carbonyl (C=O) groups is 1. The highest BCUT2D eigenvalue weighted by Crippen LogP contribution is 2.40. The van der Waals surface area contributed by atoms with Crippen molar-refractivity contribution in [3.8, 4) is 11.1 Å². The Morgan fingerprint density at radius 3 is 2.56 bits per heavy atom.